The van der Waals surface area contributed by atoms with Gasteiger partial charge in [0.2, 0.25) is 0 Å². The van der Waals surface area contributed by atoms with E-state index >= 15 is 0 Å². The second-order valence-electron chi connectivity index (χ2n) is 18.5. The van der Waals surface area contributed by atoms with Gasteiger partial charge in [-0.3, -0.25) is 4.98 Å². The van der Waals surface area contributed by atoms with E-state index in [1.54, 1.807) is 0 Å². The smallest absolute Gasteiger partial charge is 0.192 e. The lowest BCUT2D eigenvalue weighted by atomic mass is 9.71. The molecular weight excluding hydrogens is 687 g/mol. The molecule has 4 aromatic rings. The summed E-state index contributed by atoms with van der Waals surface area (Å²) in [4.78, 5) is 10.2. The number of hydrogen-bond acceptors (Lipinski definition) is 7. The van der Waals surface area contributed by atoms with E-state index in [1.165, 1.54) is 0 Å². The normalized spacial score (nSPS) is 18.9. The van der Waals surface area contributed by atoms with E-state index in [0.717, 1.165) is 58.8 Å². The Hall–Kier alpha value is -2.39. The molecule has 1 unspecified atom stereocenters. The van der Waals surface area contributed by atoms with Gasteiger partial charge in [-0.2, -0.15) is 5.10 Å². The van der Waals surface area contributed by atoms with Crippen molar-refractivity contribution < 1.29 is 13.4 Å². The Bertz CT molecular complexity index is 1800. The van der Waals surface area contributed by atoms with E-state index in [0.29, 0.717) is 18.4 Å². The van der Waals surface area contributed by atoms with Crippen LogP contribution in [0.2, 0.25) is 36.3 Å². The second-order valence-corrected chi connectivity index (χ2v) is 30.1. The number of fused-ring (bicyclic) bond motifs is 1. The molecule has 51 heavy (non-hydrogen) atoms. The lowest BCUT2D eigenvalue weighted by Crippen LogP contribution is -2.47. The fourth-order valence-corrected chi connectivity index (χ4v) is 8.63. The van der Waals surface area contributed by atoms with Gasteiger partial charge in [0.05, 0.1) is 41.4 Å². The van der Waals surface area contributed by atoms with Crippen LogP contribution >= 0.6 is 0 Å². The topological polar surface area (TPSA) is 97.2 Å². The first-order valence-corrected chi connectivity index (χ1v) is 25.4. The van der Waals surface area contributed by atoms with Crippen LogP contribution < -0.4 is 4.72 Å². The zero-order valence-electron chi connectivity index (χ0n) is 33.3. The number of pyridine rings is 2. The molecule has 8 nitrogen and oxygen atoms in total. The van der Waals surface area contributed by atoms with Crippen molar-refractivity contribution in [3.63, 3.8) is 0 Å². The van der Waals surface area contributed by atoms with Crippen molar-refractivity contribution in [1.82, 2.24) is 24.5 Å². The van der Waals surface area contributed by atoms with E-state index in [-0.39, 0.29) is 16.1 Å². The summed E-state index contributed by atoms with van der Waals surface area (Å²) in [5, 5.41) is 6.08. The van der Waals surface area contributed by atoms with Crippen LogP contribution in [0, 0.1) is 11.8 Å². The Kier molecular flexibility index (Phi) is 11.6. The highest BCUT2D eigenvalue weighted by molar-refractivity contribution is 7.90. The quantitative estimate of drug-likeness (QED) is 0.114. The molecule has 1 aromatic carbocycles. The van der Waals surface area contributed by atoms with Crippen LogP contribution in [-0.2, 0) is 26.8 Å². The van der Waals surface area contributed by atoms with Crippen molar-refractivity contribution in [3.8, 4) is 17.1 Å². The van der Waals surface area contributed by atoms with Crippen LogP contribution in [0.15, 0.2) is 60.8 Å². The number of hydrogen-bond donors (Lipinski definition) is 1. The van der Waals surface area contributed by atoms with Gasteiger partial charge in [0.15, 0.2) is 22.5 Å². The molecule has 3 aromatic heterocycles. The van der Waals surface area contributed by atoms with Gasteiger partial charge in [-0.25, -0.2) is 9.67 Å². The number of nitrogens with zero attached hydrogens (tertiary/aromatic N) is 4. The van der Waals surface area contributed by atoms with Crippen molar-refractivity contribution >= 4 is 38.9 Å². The van der Waals surface area contributed by atoms with Crippen molar-refractivity contribution in [2.24, 2.45) is 11.8 Å². The first kappa shape index (κ1) is 39.8. The Morgan fingerprint density at radius 1 is 0.863 bits per heavy atom. The number of aromatic nitrogens is 4. The summed E-state index contributed by atoms with van der Waals surface area (Å²) in [6.07, 6.45) is 3.93. The molecule has 1 aliphatic rings. The first-order valence-electron chi connectivity index (χ1n) is 18.4. The van der Waals surface area contributed by atoms with E-state index in [4.69, 9.17) is 23.9 Å². The summed E-state index contributed by atoms with van der Waals surface area (Å²) in [7, 11) is -3.72. The van der Waals surface area contributed by atoms with Crippen molar-refractivity contribution in [2.75, 3.05) is 6.61 Å². The molecule has 0 amide bonds. The van der Waals surface area contributed by atoms with Gasteiger partial charge in [-0.05, 0) is 112 Å². The van der Waals surface area contributed by atoms with Gasteiger partial charge in [-0.15, -0.1) is 4.72 Å². The molecule has 0 bridgehead atoms. The maximum Gasteiger partial charge on any atom is 0.192 e. The van der Waals surface area contributed by atoms with Crippen LogP contribution in [0.1, 0.15) is 92.6 Å². The van der Waals surface area contributed by atoms with Crippen LogP contribution in [0.5, 0.6) is 0 Å². The number of benzene rings is 1. The third kappa shape index (κ3) is 9.23. The highest BCUT2D eigenvalue weighted by Crippen LogP contribution is 2.45. The summed E-state index contributed by atoms with van der Waals surface area (Å²) in [5.74, 6) is 1.59. The highest BCUT2D eigenvalue weighted by Gasteiger charge is 2.43. The van der Waals surface area contributed by atoms with E-state index in [9.17, 15) is 4.55 Å². The van der Waals surface area contributed by atoms with Gasteiger partial charge in [0.25, 0.3) is 0 Å². The monoisotopic (exact) mass is 747 g/mol. The highest BCUT2D eigenvalue weighted by atomic mass is 32.2. The molecule has 278 valence electrons. The Labute approximate surface area is 312 Å². The molecule has 5 rings (SSSR count). The van der Waals surface area contributed by atoms with E-state index < -0.39 is 32.7 Å². The summed E-state index contributed by atoms with van der Waals surface area (Å²) < 4.78 is 31.5. The molecule has 0 saturated heterocycles. The van der Waals surface area contributed by atoms with Crippen molar-refractivity contribution in [3.05, 3.63) is 72.2 Å². The summed E-state index contributed by atoms with van der Waals surface area (Å²) in [5.41, 5.74) is 4.64. The van der Waals surface area contributed by atoms with E-state index in [1.807, 2.05) is 49.8 Å². The van der Waals surface area contributed by atoms with Gasteiger partial charge in [-0.1, -0.05) is 65.8 Å². The second kappa shape index (κ2) is 14.8. The largest absolute Gasteiger partial charge is 0.598 e. The SMILES string of the molecule is CC(C)(C)[S@@+]([O-])NC(c1cccc(-c2ccc3cnn(-c4cccc(CO[Si](C)(C)C(C)(C)C)n4)c3c2)n1)C1CC(CO[Si](C)(C)C(C)(C)C)C1. The zero-order valence-corrected chi connectivity index (χ0v) is 36.1. The van der Waals surface area contributed by atoms with E-state index in [2.05, 4.69) is 109 Å². The van der Waals surface area contributed by atoms with Gasteiger partial charge >= 0.3 is 0 Å². The number of nitrogens with one attached hydrogen (secondary N) is 1. The maximum atomic E-state index is 13.5. The molecule has 2 atom stereocenters. The number of rotatable bonds is 12. The molecule has 0 spiro atoms. The molecule has 1 fully saturated rings. The maximum absolute atomic E-state index is 13.5. The summed E-state index contributed by atoms with van der Waals surface area (Å²) in [6, 6.07) is 18.4. The first-order chi connectivity index (χ1) is 23.6. The fourth-order valence-electron chi connectivity index (χ4n) is 5.71. The molecule has 0 aliphatic heterocycles. The molecule has 11 heteroatoms. The van der Waals surface area contributed by atoms with Crippen LogP contribution in [0.3, 0.4) is 0 Å². The Morgan fingerprint density at radius 3 is 2.16 bits per heavy atom. The molecule has 1 aliphatic carbocycles. The third-order valence-electron chi connectivity index (χ3n) is 11.4. The lowest BCUT2D eigenvalue weighted by molar-refractivity contribution is 0.0908. The predicted molar refractivity (Wildman–Crippen MR) is 217 cm³/mol. The van der Waals surface area contributed by atoms with Gasteiger partial charge < -0.3 is 13.4 Å². The fraction of sp³-hybridized carbons (Fsp3) is 0.575. The van der Waals surface area contributed by atoms with Gasteiger partial charge in [0.1, 0.15) is 4.75 Å². The predicted octanol–water partition coefficient (Wildman–Crippen LogP) is 10.1. The average molecular weight is 748 g/mol. The average Bonchev–Trinajstić information content (AvgIpc) is 3.44. The Morgan fingerprint density at radius 2 is 1.51 bits per heavy atom. The van der Waals surface area contributed by atoms with Crippen LogP contribution in [0.25, 0.3) is 28.0 Å². The minimum absolute atomic E-state index is 0.121. The van der Waals surface area contributed by atoms with Crippen LogP contribution in [0.4, 0.5) is 0 Å². The minimum Gasteiger partial charge on any atom is -0.598 e. The Balaban J connectivity index is 1.38. The van der Waals surface area contributed by atoms with Crippen molar-refractivity contribution in [1.29, 1.82) is 0 Å². The van der Waals surface area contributed by atoms with Gasteiger partial charge in [0, 0.05) is 28.9 Å². The molecule has 0 radical (unpaired) electrons. The summed E-state index contributed by atoms with van der Waals surface area (Å²) >= 11 is -1.24. The molecule has 1 saturated carbocycles. The molecular formula is C40H61N5O3SSi2. The van der Waals surface area contributed by atoms with Crippen molar-refractivity contribution in [2.45, 2.75) is 129 Å². The minimum atomic E-state index is -1.91. The zero-order chi connectivity index (χ0) is 37.6. The molecule has 1 N–H and O–H groups in total. The standard InChI is InChI=1S/C40H61N5O3SSi2/c1-38(2,3)49(46)44-37(31-22-28(23-31)26-47-50(10,11)39(4,5)6)34-18-15-17-33(43-34)29-20-21-30-25-41-45(35(30)24-29)36-19-14-16-32(42-36)27-48-51(12,13)40(7,8)9/h14-21,24-25,28,31,37,44H,22-23,26-27H2,1-13H3/t28?,31?,37?,49-/m1/s1. The lowest BCUT2D eigenvalue weighted by Gasteiger charge is -2.43. The van der Waals surface area contributed by atoms with Crippen LogP contribution in [-0.4, -0.2) is 52.3 Å². The molecule has 3 heterocycles. The summed E-state index contributed by atoms with van der Waals surface area (Å²) in [6.45, 7) is 30.1. The third-order valence-corrected chi connectivity index (χ3v) is 21.9.